The van der Waals surface area contributed by atoms with Gasteiger partial charge in [0, 0.05) is 5.56 Å². The molecule has 4 aromatic rings. The number of nitrogens with two attached hydrogens (primary N) is 1. The first-order valence-electron chi connectivity index (χ1n) is 10.3. The van der Waals surface area contributed by atoms with Crippen molar-refractivity contribution < 1.29 is 23.5 Å². The number of ether oxygens (including phenoxy) is 2. The van der Waals surface area contributed by atoms with Crippen LogP contribution in [0.15, 0.2) is 77.2 Å². The second-order valence-electron chi connectivity index (χ2n) is 7.13. The third-order valence-electron chi connectivity index (χ3n) is 4.94. The van der Waals surface area contributed by atoms with E-state index in [1.807, 2.05) is 18.2 Å². The van der Waals surface area contributed by atoms with Gasteiger partial charge in [0.1, 0.15) is 17.9 Å². The number of furan rings is 1. The molecule has 2 amide bonds. The molecule has 33 heavy (non-hydrogen) atoms. The number of carbonyl (C=O) groups excluding carboxylic acids is 2. The number of hydrogen-bond acceptors (Lipinski definition) is 6. The number of para-hydroxylation sites is 3. The predicted molar refractivity (Wildman–Crippen MR) is 126 cm³/mol. The second-order valence-corrected chi connectivity index (χ2v) is 7.13. The van der Waals surface area contributed by atoms with Crippen molar-refractivity contribution in [3.05, 3.63) is 84.1 Å². The molecule has 0 aliphatic rings. The Hall–Kier alpha value is -4.46. The fourth-order valence-corrected chi connectivity index (χ4v) is 3.30. The van der Waals surface area contributed by atoms with Crippen LogP contribution in [0.2, 0.25) is 0 Å². The maximum Gasteiger partial charge on any atom is 0.291 e. The summed E-state index contributed by atoms with van der Waals surface area (Å²) in [6.07, 6.45) is 0. The molecular formula is C25H23N3O5. The first kappa shape index (κ1) is 21.8. The minimum Gasteiger partial charge on any atom is -0.492 e. The standard InChI is InChI=1S/C25H23N3O5/c1-31-22-18-6-2-5-9-21(18)33-23(22)25(30)27-14-15-32-17-12-10-16(11-13-17)24(29)28-20-8-4-3-7-19(20)26/h2-13H,14-15,26H2,1H3,(H,27,30)(H,28,29). The molecule has 168 valence electrons. The van der Waals surface area contributed by atoms with E-state index in [0.29, 0.717) is 34.0 Å². The quantitative estimate of drug-likeness (QED) is 0.278. The summed E-state index contributed by atoms with van der Waals surface area (Å²) in [6.45, 7) is 0.495. The molecule has 0 fully saturated rings. The number of carbonyl (C=O) groups is 2. The van der Waals surface area contributed by atoms with E-state index < -0.39 is 0 Å². The SMILES string of the molecule is COc1c(C(=O)NCCOc2ccc(C(=O)Nc3ccccc3N)cc2)oc2ccccc12. The zero-order chi connectivity index (χ0) is 23.2. The van der Waals surface area contributed by atoms with Crippen LogP contribution < -0.4 is 25.8 Å². The van der Waals surface area contributed by atoms with E-state index in [0.717, 1.165) is 5.39 Å². The van der Waals surface area contributed by atoms with Crippen molar-refractivity contribution in [3.8, 4) is 11.5 Å². The van der Waals surface area contributed by atoms with Crippen LogP contribution in [-0.2, 0) is 0 Å². The van der Waals surface area contributed by atoms with Crippen LogP contribution in [0.25, 0.3) is 11.0 Å². The highest BCUT2D eigenvalue weighted by Crippen LogP contribution is 2.32. The molecule has 1 heterocycles. The summed E-state index contributed by atoms with van der Waals surface area (Å²) in [5.41, 5.74) is 7.95. The lowest BCUT2D eigenvalue weighted by Gasteiger charge is -2.10. The number of anilines is 2. The molecule has 8 nitrogen and oxygen atoms in total. The van der Waals surface area contributed by atoms with Crippen molar-refractivity contribution in [1.82, 2.24) is 5.32 Å². The summed E-state index contributed by atoms with van der Waals surface area (Å²) >= 11 is 0. The highest BCUT2D eigenvalue weighted by atomic mass is 16.5. The third-order valence-corrected chi connectivity index (χ3v) is 4.94. The zero-order valence-electron chi connectivity index (χ0n) is 18.0. The van der Waals surface area contributed by atoms with E-state index in [9.17, 15) is 9.59 Å². The van der Waals surface area contributed by atoms with Gasteiger partial charge >= 0.3 is 0 Å². The summed E-state index contributed by atoms with van der Waals surface area (Å²) in [7, 11) is 1.50. The van der Waals surface area contributed by atoms with Gasteiger partial charge in [-0.1, -0.05) is 24.3 Å². The van der Waals surface area contributed by atoms with E-state index >= 15 is 0 Å². The number of nitrogen functional groups attached to an aromatic ring is 1. The Morgan fingerprint density at radius 1 is 0.939 bits per heavy atom. The summed E-state index contributed by atoms with van der Waals surface area (Å²) in [5, 5.41) is 6.26. The Bertz CT molecular complexity index is 1280. The molecule has 0 bridgehead atoms. The lowest BCUT2D eigenvalue weighted by molar-refractivity contribution is 0.0916. The molecule has 0 atom stereocenters. The topological polar surface area (TPSA) is 116 Å². The molecule has 3 aromatic carbocycles. The van der Waals surface area contributed by atoms with Crippen LogP contribution in [0, 0.1) is 0 Å². The fraction of sp³-hybridized carbons (Fsp3) is 0.120. The maximum absolute atomic E-state index is 12.5. The molecule has 8 heteroatoms. The van der Waals surface area contributed by atoms with Crippen molar-refractivity contribution in [2.75, 3.05) is 31.3 Å². The number of nitrogens with one attached hydrogen (secondary N) is 2. The van der Waals surface area contributed by atoms with E-state index in [1.165, 1.54) is 7.11 Å². The summed E-state index contributed by atoms with van der Waals surface area (Å²) in [4.78, 5) is 24.9. The van der Waals surface area contributed by atoms with Gasteiger partial charge in [-0.25, -0.2) is 0 Å². The van der Waals surface area contributed by atoms with Gasteiger partial charge in [0.25, 0.3) is 11.8 Å². The maximum atomic E-state index is 12.5. The van der Waals surface area contributed by atoms with Gasteiger partial charge in [0.05, 0.1) is 30.4 Å². The van der Waals surface area contributed by atoms with Crippen molar-refractivity contribution in [1.29, 1.82) is 0 Å². The molecule has 1 aromatic heterocycles. The first-order chi connectivity index (χ1) is 16.1. The zero-order valence-corrected chi connectivity index (χ0v) is 18.0. The van der Waals surface area contributed by atoms with E-state index in [4.69, 9.17) is 19.6 Å². The lowest BCUT2D eigenvalue weighted by atomic mass is 10.2. The number of amides is 2. The average molecular weight is 445 g/mol. The van der Waals surface area contributed by atoms with Gasteiger partial charge in [0.2, 0.25) is 5.76 Å². The van der Waals surface area contributed by atoms with Gasteiger partial charge in [-0.2, -0.15) is 0 Å². The smallest absolute Gasteiger partial charge is 0.291 e. The molecule has 0 aliphatic heterocycles. The Kier molecular flexibility index (Phi) is 6.45. The number of fused-ring (bicyclic) bond motifs is 1. The minimum absolute atomic E-state index is 0.119. The van der Waals surface area contributed by atoms with Crippen molar-refractivity contribution in [3.63, 3.8) is 0 Å². The molecule has 0 unspecified atom stereocenters. The van der Waals surface area contributed by atoms with Crippen LogP contribution in [0.1, 0.15) is 20.9 Å². The third kappa shape index (κ3) is 4.90. The monoisotopic (exact) mass is 445 g/mol. The average Bonchev–Trinajstić information content (AvgIpc) is 3.22. The minimum atomic E-state index is -0.390. The van der Waals surface area contributed by atoms with Crippen LogP contribution in [0.4, 0.5) is 11.4 Å². The number of rotatable bonds is 8. The lowest BCUT2D eigenvalue weighted by Crippen LogP contribution is -2.28. The predicted octanol–water partition coefficient (Wildman–Crippen LogP) is 4.08. The van der Waals surface area contributed by atoms with Gasteiger partial charge in [-0.3, -0.25) is 9.59 Å². The molecular weight excluding hydrogens is 422 g/mol. The van der Waals surface area contributed by atoms with Crippen LogP contribution in [0.3, 0.4) is 0 Å². The van der Waals surface area contributed by atoms with Gasteiger partial charge in [-0.15, -0.1) is 0 Å². The summed E-state index contributed by atoms with van der Waals surface area (Å²) < 4.78 is 16.6. The van der Waals surface area contributed by atoms with Crippen molar-refractivity contribution in [2.45, 2.75) is 0 Å². The molecule has 4 rings (SSSR count). The van der Waals surface area contributed by atoms with Crippen LogP contribution >= 0.6 is 0 Å². The normalized spacial score (nSPS) is 10.6. The molecule has 0 aliphatic carbocycles. The fourth-order valence-electron chi connectivity index (χ4n) is 3.30. The molecule has 0 spiro atoms. The highest BCUT2D eigenvalue weighted by molar-refractivity contribution is 6.05. The number of hydrogen-bond donors (Lipinski definition) is 3. The van der Waals surface area contributed by atoms with Gasteiger partial charge in [-0.05, 0) is 48.5 Å². The summed E-state index contributed by atoms with van der Waals surface area (Å²) in [6, 6.07) is 21.0. The Morgan fingerprint density at radius 3 is 2.42 bits per heavy atom. The van der Waals surface area contributed by atoms with Crippen LogP contribution in [0.5, 0.6) is 11.5 Å². The molecule has 4 N–H and O–H groups in total. The Morgan fingerprint density at radius 2 is 1.67 bits per heavy atom. The van der Waals surface area contributed by atoms with Crippen LogP contribution in [-0.4, -0.2) is 32.1 Å². The van der Waals surface area contributed by atoms with E-state index in [-0.39, 0.29) is 30.7 Å². The Balaban J connectivity index is 1.28. The van der Waals surface area contributed by atoms with E-state index in [2.05, 4.69) is 10.6 Å². The van der Waals surface area contributed by atoms with Gasteiger partial charge in [0.15, 0.2) is 5.75 Å². The highest BCUT2D eigenvalue weighted by Gasteiger charge is 2.21. The van der Waals surface area contributed by atoms with E-state index in [1.54, 1.807) is 54.6 Å². The Labute approximate surface area is 190 Å². The summed E-state index contributed by atoms with van der Waals surface area (Å²) in [5.74, 6) is 0.426. The largest absolute Gasteiger partial charge is 0.492 e. The molecule has 0 saturated heterocycles. The van der Waals surface area contributed by atoms with Crippen molar-refractivity contribution in [2.24, 2.45) is 0 Å². The number of benzene rings is 3. The second kappa shape index (κ2) is 9.78. The first-order valence-corrected chi connectivity index (χ1v) is 10.3. The van der Waals surface area contributed by atoms with Gasteiger partial charge < -0.3 is 30.3 Å². The number of methoxy groups -OCH3 is 1. The molecule has 0 radical (unpaired) electrons. The van der Waals surface area contributed by atoms with Crippen molar-refractivity contribution >= 4 is 34.2 Å². The molecule has 0 saturated carbocycles.